The summed E-state index contributed by atoms with van der Waals surface area (Å²) in [6.45, 7) is 3.93. The summed E-state index contributed by atoms with van der Waals surface area (Å²) in [6, 6.07) is 6.57. The van der Waals surface area contributed by atoms with Gasteiger partial charge in [0.25, 0.3) is 0 Å². The summed E-state index contributed by atoms with van der Waals surface area (Å²) in [5.41, 5.74) is 0.823. The van der Waals surface area contributed by atoms with Gasteiger partial charge in [-0.15, -0.1) is 0 Å². The lowest BCUT2D eigenvalue weighted by Gasteiger charge is -2.37. The van der Waals surface area contributed by atoms with E-state index in [-0.39, 0.29) is 18.1 Å². The molecule has 3 rings (SSSR count). The molecule has 0 saturated carbocycles. The highest BCUT2D eigenvalue weighted by Crippen LogP contribution is 2.40. The maximum Gasteiger partial charge on any atom is 0.227 e. The Hall–Kier alpha value is -1.42. The first kappa shape index (κ1) is 14.5. The van der Waals surface area contributed by atoms with Gasteiger partial charge >= 0.3 is 0 Å². The van der Waals surface area contributed by atoms with E-state index in [1.165, 1.54) is 18.9 Å². The smallest absolute Gasteiger partial charge is 0.227 e. The van der Waals surface area contributed by atoms with Crippen LogP contribution in [-0.2, 0) is 11.2 Å². The van der Waals surface area contributed by atoms with Crippen LogP contribution in [0.25, 0.3) is 0 Å². The Morgan fingerprint density at radius 3 is 2.57 bits per heavy atom. The lowest BCUT2D eigenvalue weighted by molar-refractivity contribution is -0.130. The number of halogens is 1. The molecule has 0 radical (unpaired) electrons. The average molecular weight is 290 g/mol. The molecular weight excluding hydrogens is 267 g/mol. The lowest BCUT2D eigenvalue weighted by Crippen LogP contribution is -2.40. The van der Waals surface area contributed by atoms with Crippen molar-refractivity contribution in [1.29, 1.82) is 0 Å². The topological polar surface area (TPSA) is 23.6 Å². The van der Waals surface area contributed by atoms with Crippen LogP contribution in [0.5, 0.6) is 0 Å². The zero-order valence-corrected chi connectivity index (χ0v) is 12.6. The van der Waals surface area contributed by atoms with Gasteiger partial charge in [0.05, 0.1) is 6.42 Å². The molecule has 0 aliphatic carbocycles. The third kappa shape index (κ3) is 3.10. The predicted molar refractivity (Wildman–Crippen MR) is 80.5 cm³/mol. The third-order valence-corrected chi connectivity index (χ3v) is 5.14. The highest BCUT2D eigenvalue weighted by molar-refractivity contribution is 5.79. The molecule has 2 heterocycles. The maximum atomic E-state index is 13.7. The van der Waals surface area contributed by atoms with Crippen molar-refractivity contribution in [2.75, 3.05) is 33.2 Å². The Bertz CT molecular complexity index is 523. The normalized spacial score (nSPS) is 21.9. The minimum Gasteiger partial charge on any atom is -0.342 e. The second-order valence-corrected chi connectivity index (χ2v) is 6.64. The fraction of sp³-hybridized carbons (Fsp3) is 0.588. The quantitative estimate of drug-likeness (QED) is 0.834. The minimum atomic E-state index is -0.279. The van der Waals surface area contributed by atoms with E-state index in [9.17, 15) is 9.18 Å². The molecule has 2 fully saturated rings. The van der Waals surface area contributed by atoms with Crippen LogP contribution in [0.4, 0.5) is 4.39 Å². The van der Waals surface area contributed by atoms with E-state index in [0.29, 0.717) is 11.0 Å². The summed E-state index contributed by atoms with van der Waals surface area (Å²) in [6.07, 6.45) is 3.63. The molecule has 1 amide bonds. The molecule has 2 aliphatic heterocycles. The SMILES string of the molecule is CN1CCC2(CC1)CCN(C(=O)Cc1ccccc1F)C2. The van der Waals surface area contributed by atoms with Gasteiger partial charge in [-0.1, -0.05) is 18.2 Å². The van der Waals surface area contributed by atoms with E-state index in [1.54, 1.807) is 18.2 Å². The van der Waals surface area contributed by atoms with Crippen molar-refractivity contribution in [3.8, 4) is 0 Å². The van der Waals surface area contributed by atoms with Gasteiger partial charge in [0, 0.05) is 13.1 Å². The average Bonchev–Trinajstić information content (AvgIpc) is 2.89. The van der Waals surface area contributed by atoms with Crippen LogP contribution in [0, 0.1) is 11.2 Å². The molecule has 4 heteroatoms. The van der Waals surface area contributed by atoms with Crippen molar-refractivity contribution in [3.63, 3.8) is 0 Å². The Balaban J connectivity index is 1.61. The van der Waals surface area contributed by atoms with Gasteiger partial charge in [0.1, 0.15) is 5.82 Å². The molecule has 21 heavy (non-hydrogen) atoms. The Morgan fingerprint density at radius 2 is 1.86 bits per heavy atom. The van der Waals surface area contributed by atoms with Gasteiger partial charge in [0.15, 0.2) is 0 Å². The van der Waals surface area contributed by atoms with Gasteiger partial charge in [-0.05, 0) is 56.4 Å². The monoisotopic (exact) mass is 290 g/mol. The van der Waals surface area contributed by atoms with Crippen molar-refractivity contribution in [1.82, 2.24) is 9.80 Å². The largest absolute Gasteiger partial charge is 0.342 e. The fourth-order valence-corrected chi connectivity index (χ4v) is 3.57. The van der Waals surface area contributed by atoms with E-state index in [2.05, 4.69) is 11.9 Å². The van der Waals surface area contributed by atoms with E-state index >= 15 is 0 Å². The first-order valence-corrected chi connectivity index (χ1v) is 7.78. The van der Waals surface area contributed by atoms with Gasteiger partial charge in [-0.3, -0.25) is 4.79 Å². The molecule has 0 atom stereocenters. The number of benzene rings is 1. The second kappa shape index (κ2) is 5.76. The van der Waals surface area contributed by atoms with Crippen LogP contribution in [0.2, 0.25) is 0 Å². The molecule has 0 unspecified atom stereocenters. The molecule has 2 aliphatic rings. The zero-order chi connectivity index (χ0) is 14.9. The van der Waals surface area contributed by atoms with Crippen LogP contribution in [0.15, 0.2) is 24.3 Å². The van der Waals surface area contributed by atoms with Gasteiger partial charge in [0.2, 0.25) is 5.91 Å². The number of hydrogen-bond donors (Lipinski definition) is 0. The number of piperidine rings is 1. The molecular formula is C17H23FN2O. The van der Waals surface area contributed by atoms with Gasteiger partial charge in [-0.25, -0.2) is 4.39 Å². The predicted octanol–water partition coefficient (Wildman–Crippen LogP) is 2.31. The standard InChI is InChI=1S/C17H23FN2O/c1-19-9-6-17(7-10-19)8-11-20(13-17)16(21)12-14-4-2-3-5-15(14)18/h2-5H,6-13H2,1H3. The Kier molecular flexibility index (Phi) is 3.98. The molecule has 114 valence electrons. The van der Waals surface area contributed by atoms with Gasteiger partial charge in [-0.2, -0.15) is 0 Å². The summed E-state index contributed by atoms with van der Waals surface area (Å²) >= 11 is 0. The number of rotatable bonds is 2. The molecule has 0 bridgehead atoms. The number of nitrogens with zero attached hydrogens (tertiary/aromatic N) is 2. The summed E-state index contributed by atoms with van der Waals surface area (Å²) in [5, 5.41) is 0. The first-order chi connectivity index (χ1) is 10.1. The summed E-state index contributed by atoms with van der Waals surface area (Å²) in [4.78, 5) is 16.7. The summed E-state index contributed by atoms with van der Waals surface area (Å²) in [5.74, 6) is -0.213. The molecule has 1 aromatic rings. The molecule has 2 saturated heterocycles. The van der Waals surface area contributed by atoms with Crippen molar-refractivity contribution < 1.29 is 9.18 Å². The summed E-state index contributed by atoms with van der Waals surface area (Å²) < 4.78 is 13.7. The van der Waals surface area contributed by atoms with E-state index < -0.39 is 0 Å². The minimum absolute atomic E-state index is 0.0657. The molecule has 1 aromatic carbocycles. The number of carbonyl (C=O) groups excluding carboxylic acids is 1. The molecule has 0 aromatic heterocycles. The number of carbonyl (C=O) groups is 1. The number of hydrogen-bond acceptors (Lipinski definition) is 2. The molecule has 3 nitrogen and oxygen atoms in total. The van der Waals surface area contributed by atoms with Crippen molar-refractivity contribution in [2.24, 2.45) is 5.41 Å². The third-order valence-electron chi connectivity index (χ3n) is 5.14. The van der Waals surface area contributed by atoms with Crippen LogP contribution < -0.4 is 0 Å². The first-order valence-electron chi connectivity index (χ1n) is 7.78. The highest BCUT2D eigenvalue weighted by Gasteiger charge is 2.41. The van der Waals surface area contributed by atoms with Crippen LogP contribution in [-0.4, -0.2) is 48.9 Å². The lowest BCUT2D eigenvalue weighted by atomic mass is 9.78. The Labute approximate surface area is 125 Å². The summed E-state index contributed by atoms with van der Waals surface area (Å²) in [7, 11) is 2.16. The Morgan fingerprint density at radius 1 is 1.19 bits per heavy atom. The highest BCUT2D eigenvalue weighted by atomic mass is 19.1. The van der Waals surface area contributed by atoms with E-state index in [4.69, 9.17) is 0 Å². The molecule has 1 spiro atoms. The van der Waals surface area contributed by atoms with Crippen molar-refractivity contribution in [3.05, 3.63) is 35.6 Å². The zero-order valence-electron chi connectivity index (χ0n) is 12.6. The van der Waals surface area contributed by atoms with Crippen LogP contribution in [0.1, 0.15) is 24.8 Å². The van der Waals surface area contributed by atoms with E-state index in [1.807, 2.05) is 4.90 Å². The van der Waals surface area contributed by atoms with Crippen molar-refractivity contribution >= 4 is 5.91 Å². The van der Waals surface area contributed by atoms with Crippen LogP contribution >= 0.6 is 0 Å². The van der Waals surface area contributed by atoms with E-state index in [0.717, 1.165) is 32.6 Å². The fourth-order valence-electron chi connectivity index (χ4n) is 3.57. The van der Waals surface area contributed by atoms with Gasteiger partial charge < -0.3 is 9.80 Å². The molecule has 0 N–H and O–H groups in total. The number of likely N-dealkylation sites (tertiary alicyclic amines) is 2. The maximum absolute atomic E-state index is 13.7. The van der Waals surface area contributed by atoms with Crippen LogP contribution in [0.3, 0.4) is 0 Å². The van der Waals surface area contributed by atoms with Crippen molar-refractivity contribution in [2.45, 2.75) is 25.7 Å². The second-order valence-electron chi connectivity index (χ2n) is 6.64. The number of amides is 1.